The lowest BCUT2D eigenvalue weighted by Gasteiger charge is -2.07. The molecule has 1 aromatic carbocycles. The van der Waals surface area contributed by atoms with Crippen molar-refractivity contribution in [1.29, 1.82) is 0 Å². The molecule has 18 heavy (non-hydrogen) atoms. The standard InChI is InChI=1S/C12H13N3O3/c1-13-9-5-10(7-11(6-9)15(16)17)14-8-12-3-2-4-18-12/h2-7,13-14H,8H2,1H3. The maximum absolute atomic E-state index is 10.8. The zero-order valence-corrected chi connectivity index (χ0v) is 9.84. The van der Waals surface area contributed by atoms with Gasteiger partial charge in [-0.05, 0) is 18.2 Å². The Hall–Kier alpha value is -2.50. The summed E-state index contributed by atoms with van der Waals surface area (Å²) in [6, 6.07) is 8.41. The summed E-state index contributed by atoms with van der Waals surface area (Å²) in [5.74, 6) is 0.771. The van der Waals surface area contributed by atoms with Crippen molar-refractivity contribution in [3.8, 4) is 0 Å². The smallest absolute Gasteiger partial charge is 0.273 e. The van der Waals surface area contributed by atoms with Gasteiger partial charge in [0.05, 0.1) is 17.7 Å². The minimum atomic E-state index is -0.418. The van der Waals surface area contributed by atoms with Gasteiger partial charge in [0.25, 0.3) is 5.69 Å². The predicted octanol–water partition coefficient (Wildman–Crippen LogP) is 2.84. The average Bonchev–Trinajstić information content (AvgIpc) is 2.89. The quantitative estimate of drug-likeness (QED) is 0.627. The second-order valence-corrected chi connectivity index (χ2v) is 3.71. The minimum Gasteiger partial charge on any atom is -0.467 e. The van der Waals surface area contributed by atoms with Gasteiger partial charge in [0, 0.05) is 30.6 Å². The molecule has 0 unspecified atom stereocenters. The van der Waals surface area contributed by atoms with Gasteiger partial charge in [-0.25, -0.2) is 0 Å². The number of rotatable bonds is 5. The summed E-state index contributed by atoms with van der Waals surface area (Å²) >= 11 is 0. The van der Waals surface area contributed by atoms with Crippen LogP contribution >= 0.6 is 0 Å². The molecule has 2 N–H and O–H groups in total. The van der Waals surface area contributed by atoms with E-state index in [1.54, 1.807) is 25.4 Å². The number of benzene rings is 1. The molecule has 2 aromatic rings. The van der Waals surface area contributed by atoms with E-state index in [1.807, 2.05) is 6.07 Å². The fourth-order valence-corrected chi connectivity index (χ4v) is 1.57. The number of furan rings is 1. The summed E-state index contributed by atoms with van der Waals surface area (Å²) in [7, 11) is 1.72. The van der Waals surface area contributed by atoms with Crippen LogP contribution in [0.25, 0.3) is 0 Å². The Labute approximate surface area is 104 Å². The molecule has 0 saturated heterocycles. The van der Waals surface area contributed by atoms with Gasteiger partial charge in [0.15, 0.2) is 0 Å². The molecule has 0 spiro atoms. The molecule has 0 radical (unpaired) electrons. The van der Waals surface area contributed by atoms with Crippen molar-refractivity contribution in [1.82, 2.24) is 0 Å². The van der Waals surface area contributed by atoms with Crippen molar-refractivity contribution in [3.05, 3.63) is 52.5 Å². The van der Waals surface area contributed by atoms with Crippen LogP contribution in [0, 0.1) is 10.1 Å². The highest BCUT2D eigenvalue weighted by molar-refractivity contribution is 5.63. The molecule has 2 rings (SSSR count). The topological polar surface area (TPSA) is 80.3 Å². The Kier molecular flexibility index (Phi) is 3.47. The van der Waals surface area contributed by atoms with Gasteiger partial charge in [-0.2, -0.15) is 0 Å². The predicted molar refractivity (Wildman–Crippen MR) is 68.7 cm³/mol. The Bertz CT molecular complexity index is 538. The van der Waals surface area contributed by atoms with Crippen molar-refractivity contribution < 1.29 is 9.34 Å². The van der Waals surface area contributed by atoms with Gasteiger partial charge in [0.2, 0.25) is 0 Å². The van der Waals surface area contributed by atoms with Crippen LogP contribution in [-0.2, 0) is 6.54 Å². The molecule has 6 nitrogen and oxygen atoms in total. The van der Waals surface area contributed by atoms with Gasteiger partial charge in [-0.3, -0.25) is 10.1 Å². The monoisotopic (exact) mass is 247 g/mol. The van der Waals surface area contributed by atoms with E-state index < -0.39 is 4.92 Å². The highest BCUT2D eigenvalue weighted by Crippen LogP contribution is 2.24. The number of nitrogens with zero attached hydrogens (tertiary/aromatic N) is 1. The van der Waals surface area contributed by atoms with E-state index in [2.05, 4.69) is 10.6 Å². The van der Waals surface area contributed by atoms with Gasteiger partial charge in [-0.1, -0.05) is 0 Å². The molecular weight excluding hydrogens is 234 g/mol. The summed E-state index contributed by atoms with van der Waals surface area (Å²) in [5, 5.41) is 16.8. The second-order valence-electron chi connectivity index (χ2n) is 3.71. The number of non-ortho nitro benzene ring substituents is 1. The lowest BCUT2D eigenvalue weighted by Crippen LogP contribution is -2.00. The SMILES string of the molecule is CNc1cc(NCc2ccco2)cc([N+](=O)[O-])c1. The maximum Gasteiger partial charge on any atom is 0.273 e. The lowest BCUT2D eigenvalue weighted by molar-refractivity contribution is -0.384. The Morgan fingerprint density at radius 3 is 2.72 bits per heavy atom. The van der Waals surface area contributed by atoms with E-state index in [9.17, 15) is 10.1 Å². The third kappa shape index (κ3) is 2.79. The molecule has 0 aliphatic carbocycles. The van der Waals surface area contributed by atoms with Crippen molar-refractivity contribution in [2.75, 3.05) is 17.7 Å². The highest BCUT2D eigenvalue weighted by Gasteiger charge is 2.09. The van der Waals surface area contributed by atoms with Gasteiger partial charge in [-0.15, -0.1) is 0 Å². The van der Waals surface area contributed by atoms with Crippen LogP contribution in [-0.4, -0.2) is 12.0 Å². The van der Waals surface area contributed by atoms with Crippen molar-refractivity contribution >= 4 is 17.1 Å². The minimum absolute atomic E-state index is 0.0452. The zero-order chi connectivity index (χ0) is 13.0. The number of anilines is 2. The molecule has 0 saturated carbocycles. The summed E-state index contributed by atoms with van der Waals surface area (Å²) < 4.78 is 5.18. The zero-order valence-electron chi connectivity index (χ0n) is 9.84. The molecule has 0 aliphatic rings. The van der Waals surface area contributed by atoms with E-state index in [1.165, 1.54) is 12.1 Å². The van der Waals surface area contributed by atoms with Crippen molar-refractivity contribution in [2.45, 2.75) is 6.54 Å². The number of hydrogen-bond donors (Lipinski definition) is 2. The number of nitrogens with one attached hydrogen (secondary N) is 2. The third-order valence-corrected chi connectivity index (χ3v) is 2.46. The molecule has 0 amide bonds. The van der Waals surface area contributed by atoms with Gasteiger partial charge >= 0.3 is 0 Å². The van der Waals surface area contributed by atoms with E-state index in [0.717, 1.165) is 5.76 Å². The first-order chi connectivity index (χ1) is 8.69. The molecular formula is C12H13N3O3. The van der Waals surface area contributed by atoms with Crippen LogP contribution < -0.4 is 10.6 Å². The summed E-state index contributed by atoms with van der Waals surface area (Å²) in [4.78, 5) is 10.4. The summed E-state index contributed by atoms with van der Waals surface area (Å²) in [5.41, 5.74) is 1.40. The van der Waals surface area contributed by atoms with Crippen LogP contribution in [0.3, 0.4) is 0 Å². The van der Waals surface area contributed by atoms with Crippen molar-refractivity contribution in [3.63, 3.8) is 0 Å². The Morgan fingerprint density at radius 1 is 1.33 bits per heavy atom. The lowest BCUT2D eigenvalue weighted by atomic mass is 10.2. The summed E-state index contributed by atoms with van der Waals surface area (Å²) in [6.45, 7) is 0.483. The number of hydrogen-bond acceptors (Lipinski definition) is 5. The normalized spacial score (nSPS) is 10.1. The van der Waals surface area contributed by atoms with Crippen LogP contribution in [0.5, 0.6) is 0 Å². The van der Waals surface area contributed by atoms with Crippen molar-refractivity contribution in [2.24, 2.45) is 0 Å². The first kappa shape index (κ1) is 12.0. The van der Waals surface area contributed by atoms with Crippen LogP contribution in [0.2, 0.25) is 0 Å². The average molecular weight is 247 g/mol. The van der Waals surface area contributed by atoms with E-state index in [4.69, 9.17) is 4.42 Å². The Morgan fingerprint density at radius 2 is 2.11 bits per heavy atom. The number of nitro benzene ring substituents is 1. The molecule has 1 heterocycles. The Balaban J connectivity index is 2.16. The van der Waals surface area contributed by atoms with E-state index >= 15 is 0 Å². The summed E-state index contributed by atoms with van der Waals surface area (Å²) in [6.07, 6.45) is 1.59. The maximum atomic E-state index is 10.8. The van der Waals surface area contributed by atoms with Gasteiger partial charge in [0.1, 0.15) is 5.76 Å². The van der Waals surface area contributed by atoms with Crippen LogP contribution in [0.15, 0.2) is 41.0 Å². The first-order valence-electron chi connectivity index (χ1n) is 5.42. The molecule has 1 aromatic heterocycles. The van der Waals surface area contributed by atoms with Crippen LogP contribution in [0.4, 0.5) is 17.1 Å². The van der Waals surface area contributed by atoms with E-state index in [0.29, 0.717) is 17.9 Å². The molecule has 0 bridgehead atoms. The largest absolute Gasteiger partial charge is 0.467 e. The molecule has 0 atom stereocenters. The fourth-order valence-electron chi connectivity index (χ4n) is 1.57. The van der Waals surface area contributed by atoms with Crippen LogP contribution in [0.1, 0.15) is 5.76 Å². The molecule has 0 aliphatic heterocycles. The first-order valence-corrected chi connectivity index (χ1v) is 5.42. The number of nitro groups is 1. The molecule has 0 fully saturated rings. The molecule has 94 valence electrons. The fraction of sp³-hybridized carbons (Fsp3) is 0.167. The molecule has 6 heteroatoms. The van der Waals surface area contributed by atoms with Gasteiger partial charge < -0.3 is 15.1 Å². The van der Waals surface area contributed by atoms with E-state index in [-0.39, 0.29) is 5.69 Å². The second kappa shape index (κ2) is 5.22. The highest BCUT2D eigenvalue weighted by atomic mass is 16.6. The third-order valence-electron chi connectivity index (χ3n) is 2.46.